The number of Topliss-reactive ketones (excluding diaryl/α,β-unsaturated/α-hetero) is 1. The minimum Gasteiger partial charge on any atom is -0.324 e. The number of halogens is 1. The third-order valence-electron chi connectivity index (χ3n) is 1.97. The molecule has 0 aliphatic carbocycles. The fourth-order valence-corrected chi connectivity index (χ4v) is 1.62. The lowest BCUT2D eigenvalue weighted by Crippen LogP contribution is -2.14. The van der Waals surface area contributed by atoms with E-state index in [1.807, 2.05) is 0 Å². The first kappa shape index (κ1) is 9.36. The predicted molar refractivity (Wildman–Crippen MR) is 56.3 cm³/mol. The maximum Gasteiger partial charge on any atom is 0.177 e. The Morgan fingerprint density at radius 3 is 3.07 bits per heavy atom. The predicted octanol–water partition coefficient (Wildman–Crippen LogP) is 1.24. The number of pyridine rings is 1. The molecular formula is C9H8BrN3O. The Labute approximate surface area is 88.9 Å². The van der Waals surface area contributed by atoms with E-state index in [1.54, 1.807) is 28.9 Å². The molecule has 0 saturated heterocycles. The van der Waals surface area contributed by atoms with Crippen molar-refractivity contribution in [3.8, 4) is 0 Å². The Bertz CT molecular complexity index is 492. The number of hydrogen-bond acceptors (Lipinski definition) is 3. The average Bonchev–Trinajstić information content (AvgIpc) is 2.59. The molecule has 0 aliphatic rings. The van der Waals surface area contributed by atoms with Gasteiger partial charge in [0.25, 0.3) is 0 Å². The summed E-state index contributed by atoms with van der Waals surface area (Å²) < 4.78 is 2.61. The highest BCUT2D eigenvalue weighted by Gasteiger charge is 2.06. The molecule has 0 aliphatic heterocycles. The highest BCUT2D eigenvalue weighted by molar-refractivity contribution is 9.10. The minimum atomic E-state index is -0.0764. The molecule has 2 rings (SSSR count). The molecule has 4 nitrogen and oxygen atoms in total. The summed E-state index contributed by atoms with van der Waals surface area (Å²) in [5, 5.41) is 0. The molecule has 5 heteroatoms. The van der Waals surface area contributed by atoms with Crippen LogP contribution >= 0.6 is 15.9 Å². The number of carbonyl (C=O) groups is 1. The van der Waals surface area contributed by atoms with E-state index in [1.165, 1.54) is 0 Å². The second-order valence-electron chi connectivity index (χ2n) is 2.85. The van der Waals surface area contributed by atoms with E-state index in [4.69, 9.17) is 5.73 Å². The number of nitrogens with zero attached hydrogens (tertiary/aromatic N) is 2. The summed E-state index contributed by atoms with van der Waals surface area (Å²) in [6.45, 7) is 0.0256. The Kier molecular flexibility index (Phi) is 2.35. The van der Waals surface area contributed by atoms with E-state index in [2.05, 4.69) is 20.9 Å². The van der Waals surface area contributed by atoms with Crippen LogP contribution in [0.2, 0.25) is 0 Å². The second-order valence-corrected chi connectivity index (χ2v) is 3.67. The van der Waals surface area contributed by atoms with E-state index >= 15 is 0 Å². The Morgan fingerprint density at radius 2 is 2.36 bits per heavy atom. The van der Waals surface area contributed by atoms with Crippen LogP contribution in [0.25, 0.3) is 5.65 Å². The van der Waals surface area contributed by atoms with Crippen molar-refractivity contribution >= 4 is 27.4 Å². The van der Waals surface area contributed by atoms with Crippen molar-refractivity contribution in [2.45, 2.75) is 0 Å². The van der Waals surface area contributed by atoms with Crippen molar-refractivity contribution < 1.29 is 4.79 Å². The number of fused-ring (bicyclic) bond motifs is 1. The number of ketones is 1. The van der Waals surface area contributed by atoms with Crippen LogP contribution < -0.4 is 5.73 Å². The lowest BCUT2D eigenvalue weighted by molar-refractivity contribution is 0.100. The summed E-state index contributed by atoms with van der Waals surface area (Å²) in [6, 6.07) is 3.51. The lowest BCUT2D eigenvalue weighted by atomic mass is 10.2. The Balaban J connectivity index is 2.60. The molecule has 0 bridgehead atoms. The molecule has 0 aromatic carbocycles. The summed E-state index contributed by atoms with van der Waals surface area (Å²) in [5.74, 6) is -0.0764. The van der Waals surface area contributed by atoms with Crippen LogP contribution in [0.15, 0.2) is 29.1 Å². The van der Waals surface area contributed by atoms with Gasteiger partial charge < -0.3 is 5.73 Å². The molecule has 0 atom stereocenters. The standard InChI is InChI=1S/C9H8BrN3O/c10-8-4-12-9-2-1-6(5-13(8)9)7(14)3-11/h1-2,4-5H,3,11H2. The van der Waals surface area contributed by atoms with Gasteiger partial charge in [0.15, 0.2) is 5.78 Å². The number of rotatable bonds is 2. The largest absolute Gasteiger partial charge is 0.324 e. The molecule has 0 fully saturated rings. The fourth-order valence-electron chi connectivity index (χ4n) is 1.23. The topological polar surface area (TPSA) is 60.4 Å². The van der Waals surface area contributed by atoms with E-state index in [-0.39, 0.29) is 12.3 Å². The summed E-state index contributed by atoms with van der Waals surface area (Å²) in [6.07, 6.45) is 3.41. The molecule has 2 aromatic rings. The van der Waals surface area contributed by atoms with Gasteiger partial charge in [0, 0.05) is 11.8 Å². The van der Waals surface area contributed by atoms with Crippen LogP contribution in [0.5, 0.6) is 0 Å². The van der Waals surface area contributed by atoms with Crippen LogP contribution in [-0.2, 0) is 0 Å². The van der Waals surface area contributed by atoms with E-state index < -0.39 is 0 Å². The maximum atomic E-state index is 11.3. The van der Waals surface area contributed by atoms with E-state index in [0.717, 1.165) is 10.3 Å². The fraction of sp³-hybridized carbons (Fsp3) is 0.111. The van der Waals surface area contributed by atoms with Crippen LogP contribution in [0, 0.1) is 0 Å². The summed E-state index contributed by atoms with van der Waals surface area (Å²) in [4.78, 5) is 15.4. The van der Waals surface area contributed by atoms with Gasteiger partial charge in [0.2, 0.25) is 0 Å². The van der Waals surface area contributed by atoms with Crippen molar-refractivity contribution in [2.75, 3.05) is 6.54 Å². The highest BCUT2D eigenvalue weighted by Crippen LogP contribution is 2.14. The van der Waals surface area contributed by atoms with Gasteiger partial charge >= 0.3 is 0 Å². The van der Waals surface area contributed by atoms with Gasteiger partial charge in [0.05, 0.1) is 12.7 Å². The van der Waals surface area contributed by atoms with Gasteiger partial charge in [-0.3, -0.25) is 9.20 Å². The van der Waals surface area contributed by atoms with Crippen LogP contribution in [0.4, 0.5) is 0 Å². The highest BCUT2D eigenvalue weighted by atomic mass is 79.9. The molecule has 2 N–H and O–H groups in total. The summed E-state index contributed by atoms with van der Waals surface area (Å²) >= 11 is 3.33. The third kappa shape index (κ3) is 1.44. The molecule has 0 spiro atoms. The molecule has 0 radical (unpaired) electrons. The average molecular weight is 254 g/mol. The van der Waals surface area contributed by atoms with Gasteiger partial charge in [-0.15, -0.1) is 0 Å². The van der Waals surface area contributed by atoms with Crippen molar-refractivity contribution in [1.82, 2.24) is 9.38 Å². The number of carbonyl (C=O) groups excluding carboxylic acids is 1. The number of imidazole rings is 1. The first-order valence-corrected chi connectivity index (χ1v) is 4.87. The summed E-state index contributed by atoms with van der Waals surface area (Å²) in [5.41, 5.74) is 6.67. The number of aromatic nitrogens is 2. The quantitative estimate of drug-likeness (QED) is 0.820. The number of nitrogens with two attached hydrogens (primary N) is 1. The Morgan fingerprint density at radius 1 is 1.57 bits per heavy atom. The SMILES string of the molecule is NCC(=O)c1ccc2ncc(Br)n2c1. The molecule has 2 aromatic heterocycles. The van der Waals surface area contributed by atoms with Crippen molar-refractivity contribution in [1.29, 1.82) is 0 Å². The smallest absolute Gasteiger partial charge is 0.177 e. The van der Waals surface area contributed by atoms with Crippen LogP contribution in [0.1, 0.15) is 10.4 Å². The van der Waals surface area contributed by atoms with E-state index in [9.17, 15) is 4.79 Å². The zero-order valence-electron chi connectivity index (χ0n) is 7.27. The van der Waals surface area contributed by atoms with Crippen molar-refractivity contribution in [2.24, 2.45) is 5.73 Å². The second kappa shape index (κ2) is 3.51. The van der Waals surface area contributed by atoms with Crippen molar-refractivity contribution in [3.63, 3.8) is 0 Å². The van der Waals surface area contributed by atoms with Crippen LogP contribution in [-0.4, -0.2) is 21.7 Å². The van der Waals surface area contributed by atoms with Gasteiger partial charge in [-0.25, -0.2) is 4.98 Å². The first-order chi connectivity index (χ1) is 6.72. The minimum absolute atomic E-state index is 0.0256. The normalized spacial score (nSPS) is 10.7. The number of hydrogen-bond donors (Lipinski definition) is 1. The summed E-state index contributed by atoms with van der Waals surface area (Å²) in [7, 11) is 0. The molecule has 0 unspecified atom stereocenters. The monoisotopic (exact) mass is 253 g/mol. The Hall–Kier alpha value is -1.20. The van der Waals surface area contributed by atoms with Crippen LogP contribution in [0.3, 0.4) is 0 Å². The van der Waals surface area contributed by atoms with Gasteiger partial charge in [0.1, 0.15) is 10.3 Å². The lowest BCUT2D eigenvalue weighted by Gasteiger charge is -1.99. The molecular weight excluding hydrogens is 246 g/mol. The van der Waals surface area contributed by atoms with Gasteiger partial charge in [-0.1, -0.05) is 0 Å². The maximum absolute atomic E-state index is 11.3. The van der Waals surface area contributed by atoms with Crippen molar-refractivity contribution in [3.05, 3.63) is 34.7 Å². The zero-order chi connectivity index (χ0) is 10.1. The molecule has 0 saturated carbocycles. The van der Waals surface area contributed by atoms with Gasteiger partial charge in [-0.2, -0.15) is 0 Å². The molecule has 0 amide bonds. The molecule has 14 heavy (non-hydrogen) atoms. The molecule has 72 valence electrons. The first-order valence-electron chi connectivity index (χ1n) is 4.08. The zero-order valence-corrected chi connectivity index (χ0v) is 8.86. The molecule has 2 heterocycles. The third-order valence-corrected chi connectivity index (χ3v) is 2.55. The van der Waals surface area contributed by atoms with E-state index in [0.29, 0.717) is 5.56 Å². The van der Waals surface area contributed by atoms with Gasteiger partial charge in [-0.05, 0) is 28.1 Å².